The van der Waals surface area contributed by atoms with Gasteiger partial charge in [-0.05, 0) is 57.4 Å². The second-order valence-corrected chi connectivity index (χ2v) is 9.10. The summed E-state index contributed by atoms with van der Waals surface area (Å²) in [6.45, 7) is 4.18. The fourth-order valence-corrected chi connectivity index (χ4v) is 5.25. The SMILES string of the molecule is CN1CCN(C(=O)N2CCCC3C2CCCC3(O)C#Cc2cccc(Cl)c2)CC1. The summed E-state index contributed by atoms with van der Waals surface area (Å²) in [5.74, 6) is 6.32. The summed E-state index contributed by atoms with van der Waals surface area (Å²) >= 11 is 6.07. The van der Waals surface area contributed by atoms with Gasteiger partial charge in [-0.15, -0.1) is 0 Å². The fourth-order valence-electron chi connectivity index (χ4n) is 5.06. The number of fused-ring (bicyclic) bond motifs is 1. The summed E-state index contributed by atoms with van der Waals surface area (Å²) in [4.78, 5) is 19.5. The average molecular weight is 416 g/mol. The van der Waals surface area contributed by atoms with Crippen LogP contribution >= 0.6 is 11.6 Å². The summed E-state index contributed by atoms with van der Waals surface area (Å²) in [6, 6.07) is 7.63. The van der Waals surface area contributed by atoms with Crippen LogP contribution in [0.25, 0.3) is 0 Å². The number of halogens is 1. The number of likely N-dealkylation sites (tertiary alicyclic amines) is 1. The number of piperazine rings is 1. The van der Waals surface area contributed by atoms with E-state index in [1.807, 2.05) is 34.1 Å². The Hall–Kier alpha value is -1.74. The van der Waals surface area contributed by atoms with E-state index in [1.54, 1.807) is 0 Å². The highest BCUT2D eigenvalue weighted by Crippen LogP contribution is 2.42. The fraction of sp³-hybridized carbons (Fsp3) is 0.609. The molecule has 2 amide bonds. The molecule has 1 N–H and O–H groups in total. The van der Waals surface area contributed by atoms with Gasteiger partial charge >= 0.3 is 6.03 Å². The van der Waals surface area contributed by atoms with Crippen LogP contribution in [0.15, 0.2) is 24.3 Å². The zero-order valence-corrected chi connectivity index (χ0v) is 17.9. The number of piperidine rings is 1. The molecule has 6 heteroatoms. The Morgan fingerprint density at radius 3 is 2.72 bits per heavy atom. The normalized spacial score (nSPS) is 30.3. The third-order valence-electron chi connectivity index (χ3n) is 6.72. The van der Waals surface area contributed by atoms with E-state index in [2.05, 4.69) is 23.8 Å². The van der Waals surface area contributed by atoms with Crippen LogP contribution in [0.1, 0.15) is 37.7 Å². The van der Waals surface area contributed by atoms with Crippen LogP contribution in [-0.4, -0.2) is 77.3 Å². The second-order valence-electron chi connectivity index (χ2n) is 8.66. The molecule has 2 heterocycles. The summed E-state index contributed by atoms with van der Waals surface area (Å²) in [6.07, 6.45) is 4.33. The van der Waals surface area contributed by atoms with Crippen LogP contribution in [0, 0.1) is 17.8 Å². The molecule has 0 spiro atoms. The number of urea groups is 1. The summed E-state index contributed by atoms with van der Waals surface area (Å²) < 4.78 is 0. The van der Waals surface area contributed by atoms with Crippen molar-refractivity contribution in [1.29, 1.82) is 0 Å². The molecule has 1 aromatic carbocycles. The van der Waals surface area contributed by atoms with Gasteiger partial charge in [-0.1, -0.05) is 29.5 Å². The molecule has 29 heavy (non-hydrogen) atoms. The molecule has 0 radical (unpaired) electrons. The van der Waals surface area contributed by atoms with Crippen molar-refractivity contribution in [2.75, 3.05) is 39.8 Å². The van der Waals surface area contributed by atoms with Gasteiger partial charge in [0, 0.05) is 55.3 Å². The van der Waals surface area contributed by atoms with Gasteiger partial charge in [-0.3, -0.25) is 0 Å². The average Bonchev–Trinajstić information content (AvgIpc) is 2.72. The van der Waals surface area contributed by atoms with Gasteiger partial charge < -0.3 is 19.8 Å². The predicted octanol–water partition coefficient (Wildman–Crippen LogP) is 3.05. The maximum atomic E-state index is 13.2. The molecule has 3 unspecified atom stereocenters. The Morgan fingerprint density at radius 1 is 1.17 bits per heavy atom. The van der Waals surface area contributed by atoms with Gasteiger partial charge in [-0.25, -0.2) is 4.79 Å². The molecule has 2 saturated heterocycles. The molecule has 3 aliphatic rings. The number of carbonyl (C=O) groups excluding carboxylic acids is 1. The first-order chi connectivity index (χ1) is 14.0. The monoisotopic (exact) mass is 415 g/mol. The summed E-state index contributed by atoms with van der Waals surface area (Å²) in [5, 5.41) is 12.1. The highest BCUT2D eigenvalue weighted by atomic mass is 35.5. The van der Waals surface area contributed by atoms with E-state index >= 15 is 0 Å². The maximum Gasteiger partial charge on any atom is 0.320 e. The lowest BCUT2D eigenvalue weighted by Gasteiger charge is -2.51. The smallest absolute Gasteiger partial charge is 0.320 e. The first-order valence-corrected chi connectivity index (χ1v) is 11.1. The van der Waals surface area contributed by atoms with Crippen LogP contribution in [0.4, 0.5) is 4.79 Å². The highest BCUT2D eigenvalue weighted by Gasteiger charge is 2.48. The van der Waals surface area contributed by atoms with E-state index in [1.165, 1.54) is 0 Å². The summed E-state index contributed by atoms with van der Waals surface area (Å²) in [7, 11) is 2.10. The van der Waals surface area contributed by atoms with Crippen molar-refractivity contribution in [2.24, 2.45) is 5.92 Å². The Kier molecular flexibility index (Phi) is 6.06. The van der Waals surface area contributed by atoms with Crippen LogP contribution in [-0.2, 0) is 0 Å². The number of hydrogen-bond acceptors (Lipinski definition) is 3. The van der Waals surface area contributed by atoms with Crippen molar-refractivity contribution in [3.8, 4) is 11.8 Å². The molecule has 1 aliphatic carbocycles. The minimum Gasteiger partial charge on any atom is -0.377 e. The number of amides is 2. The lowest BCUT2D eigenvalue weighted by atomic mass is 9.68. The molecule has 4 rings (SSSR count). The number of carbonyl (C=O) groups is 1. The molecule has 5 nitrogen and oxygen atoms in total. The van der Waals surface area contributed by atoms with Gasteiger partial charge in [0.25, 0.3) is 0 Å². The number of rotatable bonds is 0. The lowest BCUT2D eigenvalue weighted by Crippen LogP contribution is -2.61. The van der Waals surface area contributed by atoms with Crippen molar-refractivity contribution < 1.29 is 9.90 Å². The first-order valence-electron chi connectivity index (χ1n) is 10.7. The summed E-state index contributed by atoms with van der Waals surface area (Å²) in [5.41, 5.74) is -0.235. The Balaban J connectivity index is 1.52. The Labute approximate surface area is 178 Å². The van der Waals surface area contributed by atoms with E-state index in [-0.39, 0.29) is 18.0 Å². The third kappa shape index (κ3) is 4.40. The minimum atomic E-state index is -1.05. The largest absolute Gasteiger partial charge is 0.377 e. The number of hydrogen-bond donors (Lipinski definition) is 1. The van der Waals surface area contributed by atoms with Crippen LogP contribution in [0.2, 0.25) is 5.02 Å². The van der Waals surface area contributed by atoms with Gasteiger partial charge in [0.15, 0.2) is 0 Å². The molecule has 156 valence electrons. The molecule has 3 atom stereocenters. The van der Waals surface area contributed by atoms with Crippen LogP contribution < -0.4 is 0 Å². The van der Waals surface area contributed by atoms with Crippen molar-refractivity contribution in [3.63, 3.8) is 0 Å². The Morgan fingerprint density at radius 2 is 1.97 bits per heavy atom. The minimum absolute atomic E-state index is 0.00750. The molecular weight excluding hydrogens is 386 g/mol. The van der Waals surface area contributed by atoms with Crippen LogP contribution in [0.3, 0.4) is 0 Å². The lowest BCUT2D eigenvalue weighted by molar-refractivity contribution is -0.0601. The molecular formula is C23H30ClN3O2. The molecule has 0 aromatic heterocycles. The zero-order chi connectivity index (χ0) is 20.4. The quantitative estimate of drug-likeness (QED) is 0.662. The van der Waals surface area contributed by atoms with E-state index in [4.69, 9.17) is 11.6 Å². The van der Waals surface area contributed by atoms with E-state index in [0.717, 1.165) is 64.0 Å². The van der Waals surface area contributed by atoms with Crippen molar-refractivity contribution in [2.45, 2.75) is 43.7 Å². The van der Waals surface area contributed by atoms with Gasteiger partial charge in [-0.2, -0.15) is 0 Å². The Bertz CT molecular complexity index is 812. The van der Waals surface area contributed by atoms with Gasteiger partial charge in [0.1, 0.15) is 5.60 Å². The van der Waals surface area contributed by atoms with E-state index < -0.39 is 5.60 Å². The first kappa shape index (κ1) is 20.5. The van der Waals surface area contributed by atoms with Gasteiger partial charge in [0.05, 0.1) is 0 Å². The molecule has 2 aliphatic heterocycles. The van der Waals surface area contributed by atoms with Gasteiger partial charge in [0.2, 0.25) is 0 Å². The van der Waals surface area contributed by atoms with Crippen molar-refractivity contribution in [1.82, 2.24) is 14.7 Å². The third-order valence-corrected chi connectivity index (χ3v) is 6.95. The molecule has 1 aromatic rings. The highest BCUT2D eigenvalue weighted by molar-refractivity contribution is 6.30. The zero-order valence-electron chi connectivity index (χ0n) is 17.1. The molecule has 0 bridgehead atoms. The van der Waals surface area contributed by atoms with Crippen molar-refractivity contribution in [3.05, 3.63) is 34.9 Å². The second kappa shape index (κ2) is 8.55. The number of aliphatic hydroxyl groups is 1. The van der Waals surface area contributed by atoms with E-state index in [0.29, 0.717) is 11.4 Å². The number of likely N-dealkylation sites (N-methyl/N-ethyl adjacent to an activating group) is 1. The molecule has 3 fully saturated rings. The standard InChI is InChI=1S/C23H30ClN3O2/c1-25-13-15-26(16-14-25)22(28)27-12-4-7-20-21(27)8-3-10-23(20,29)11-9-18-5-2-6-19(24)17-18/h2,5-6,17,20-21,29H,3-4,7-8,10,12-16H2,1H3. The molecule has 1 saturated carbocycles. The van der Waals surface area contributed by atoms with Crippen molar-refractivity contribution >= 4 is 17.6 Å². The number of nitrogens with zero attached hydrogens (tertiary/aromatic N) is 3. The maximum absolute atomic E-state index is 13.2. The predicted molar refractivity (Wildman–Crippen MR) is 115 cm³/mol. The van der Waals surface area contributed by atoms with Crippen LogP contribution in [0.5, 0.6) is 0 Å². The topological polar surface area (TPSA) is 47.0 Å². The van der Waals surface area contributed by atoms with E-state index in [9.17, 15) is 9.90 Å². The number of benzene rings is 1.